The summed E-state index contributed by atoms with van der Waals surface area (Å²) < 4.78 is 0.946. The second kappa shape index (κ2) is 3.82. The third kappa shape index (κ3) is 1.62. The molecule has 1 unspecified atom stereocenters. The van der Waals surface area contributed by atoms with E-state index >= 15 is 0 Å². The molecule has 1 aliphatic heterocycles. The SMILES string of the molecule is Cc1ncc(Br)c(N2CCC2CN)n1. The van der Waals surface area contributed by atoms with Crippen molar-refractivity contribution in [3.05, 3.63) is 16.5 Å². The van der Waals surface area contributed by atoms with Crippen LogP contribution in [0, 0.1) is 6.92 Å². The largest absolute Gasteiger partial charge is 0.351 e. The quantitative estimate of drug-likeness (QED) is 0.861. The summed E-state index contributed by atoms with van der Waals surface area (Å²) in [6.07, 6.45) is 2.95. The van der Waals surface area contributed by atoms with Crippen LogP contribution in [0.4, 0.5) is 5.82 Å². The molecule has 0 aliphatic carbocycles. The molecule has 0 bridgehead atoms. The minimum Gasteiger partial charge on any atom is -0.351 e. The van der Waals surface area contributed by atoms with Gasteiger partial charge in [0.2, 0.25) is 0 Å². The molecule has 2 heterocycles. The van der Waals surface area contributed by atoms with E-state index in [0.29, 0.717) is 12.6 Å². The summed E-state index contributed by atoms with van der Waals surface area (Å²) in [7, 11) is 0. The number of halogens is 1. The first-order valence-electron chi connectivity index (χ1n) is 4.68. The average Bonchev–Trinajstić information content (AvgIpc) is 2.10. The summed E-state index contributed by atoms with van der Waals surface area (Å²) in [5.41, 5.74) is 5.65. The van der Waals surface area contributed by atoms with Gasteiger partial charge in [-0.25, -0.2) is 9.97 Å². The predicted octanol–water partition coefficient (Wildman–Crippen LogP) is 1.08. The van der Waals surface area contributed by atoms with Crippen molar-refractivity contribution in [1.29, 1.82) is 0 Å². The van der Waals surface area contributed by atoms with Gasteiger partial charge in [-0.2, -0.15) is 0 Å². The van der Waals surface area contributed by atoms with Crippen molar-refractivity contribution in [2.75, 3.05) is 18.0 Å². The zero-order valence-corrected chi connectivity index (χ0v) is 9.66. The van der Waals surface area contributed by atoms with Gasteiger partial charge in [-0.1, -0.05) is 0 Å². The maximum atomic E-state index is 5.65. The van der Waals surface area contributed by atoms with Crippen molar-refractivity contribution in [3.8, 4) is 0 Å². The number of nitrogens with zero attached hydrogens (tertiary/aromatic N) is 3. The van der Waals surface area contributed by atoms with Gasteiger partial charge in [-0.3, -0.25) is 0 Å². The lowest BCUT2D eigenvalue weighted by atomic mass is 10.0. The summed E-state index contributed by atoms with van der Waals surface area (Å²) in [6, 6.07) is 0.445. The van der Waals surface area contributed by atoms with E-state index in [1.807, 2.05) is 6.92 Å². The van der Waals surface area contributed by atoms with Crippen LogP contribution in [0.2, 0.25) is 0 Å². The highest BCUT2D eigenvalue weighted by atomic mass is 79.9. The lowest BCUT2D eigenvalue weighted by molar-refractivity contribution is 0.450. The van der Waals surface area contributed by atoms with E-state index in [4.69, 9.17) is 5.73 Å². The number of anilines is 1. The van der Waals surface area contributed by atoms with Gasteiger partial charge in [0.05, 0.1) is 4.47 Å². The lowest BCUT2D eigenvalue weighted by Crippen LogP contribution is -2.52. The maximum absolute atomic E-state index is 5.65. The highest BCUT2D eigenvalue weighted by Gasteiger charge is 2.29. The summed E-state index contributed by atoms with van der Waals surface area (Å²) in [4.78, 5) is 10.7. The van der Waals surface area contributed by atoms with E-state index < -0.39 is 0 Å². The van der Waals surface area contributed by atoms with Gasteiger partial charge in [-0.05, 0) is 29.3 Å². The molecule has 0 spiro atoms. The van der Waals surface area contributed by atoms with Gasteiger partial charge >= 0.3 is 0 Å². The first kappa shape index (κ1) is 9.86. The summed E-state index contributed by atoms with van der Waals surface area (Å²) in [5, 5.41) is 0. The maximum Gasteiger partial charge on any atom is 0.146 e. The molecule has 1 aromatic heterocycles. The standard InChI is InChI=1S/C9H13BrN4/c1-6-12-5-8(10)9(13-6)14-3-2-7(14)4-11/h5,7H,2-4,11H2,1H3. The number of rotatable bonds is 2. The normalized spacial score (nSPS) is 20.8. The number of aromatic nitrogens is 2. The van der Waals surface area contributed by atoms with Crippen molar-refractivity contribution >= 4 is 21.7 Å². The molecule has 5 heteroatoms. The van der Waals surface area contributed by atoms with E-state index in [1.54, 1.807) is 6.20 Å². The minimum absolute atomic E-state index is 0.445. The second-order valence-corrected chi connectivity index (χ2v) is 4.31. The van der Waals surface area contributed by atoms with E-state index in [9.17, 15) is 0 Å². The van der Waals surface area contributed by atoms with Crippen LogP contribution in [0.1, 0.15) is 12.2 Å². The second-order valence-electron chi connectivity index (χ2n) is 3.46. The smallest absolute Gasteiger partial charge is 0.146 e. The van der Waals surface area contributed by atoms with Crippen LogP contribution in [0.25, 0.3) is 0 Å². The Bertz CT molecular complexity index is 340. The molecule has 14 heavy (non-hydrogen) atoms. The molecule has 2 N–H and O–H groups in total. The Morgan fingerprint density at radius 1 is 1.71 bits per heavy atom. The fourth-order valence-electron chi connectivity index (χ4n) is 1.61. The van der Waals surface area contributed by atoms with E-state index in [-0.39, 0.29) is 0 Å². The number of nitrogens with two attached hydrogens (primary N) is 1. The Labute approximate surface area is 91.7 Å². The Morgan fingerprint density at radius 2 is 2.50 bits per heavy atom. The molecule has 1 fully saturated rings. The van der Waals surface area contributed by atoms with Crippen LogP contribution in [0.3, 0.4) is 0 Å². The van der Waals surface area contributed by atoms with E-state index in [1.165, 1.54) is 0 Å². The Morgan fingerprint density at radius 3 is 3.07 bits per heavy atom. The molecule has 1 atom stereocenters. The molecule has 0 amide bonds. The Balaban J connectivity index is 2.27. The van der Waals surface area contributed by atoms with Crippen molar-refractivity contribution in [3.63, 3.8) is 0 Å². The van der Waals surface area contributed by atoms with Crippen molar-refractivity contribution < 1.29 is 0 Å². The van der Waals surface area contributed by atoms with Gasteiger partial charge in [-0.15, -0.1) is 0 Å². The first-order valence-corrected chi connectivity index (χ1v) is 5.47. The van der Waals surface area contributed by atoms with Crippen LogP contribution < -0.4 is 10.6 Å². The molecule has 2 rings (SSSR count). The molecule has 1 aromatic rings. The third-order valence-electron chi connectivity index (χ3n) is 2.53. The molecular weight excluding hydrogens is 244 g/mol. The number of aryl methyl sites for hydroxylation is 1. The molecule has 0 radical (unpaired) electrons. The predicted molar refractivity (Wildman–Crippen MR) is 59.3 cm³/mol. The van der Waals surface area contributed by atoms with Gasteiger partial charge in [0.15, 0.2) is 0 Å². The van der Waals surface area contributed by atoms with Crippen LogP contribution in [-0.2, 0) is 0 Å². The Kier molecular flexibility index (Phi) is 2.69. The molecule has 76 valence electrons. The minimum atomic E-state index is 0.445. The van der Waals surface area contributed by atoms with E-state index in [0.717, 1.165) is 29.1 Å². The Hall–Kier alpha value is -0.680. The zero-order chi connectivity index (χ0) is 10.1. The highest BCUT2D eigenvalue weighted by Crippen LogP contribution is 2.30. The fraction of sp³-hybridized carbons (Fsp3) is 0.556. The van der Waals surface area contributed by atoms with Crippen molar-refractivity contribution in [2.45, 2.75) is 19.4 Å². The summed E-state index contributed by atoms with van der Waals surface area (Å²) in [5.74, 6) is 1.77. The van der Waals surface area contributed by atoms with Gasteiger partial charge in [0.1, 0.15) is 11.6 Å². The summed E-state index contributed by atoms with van der Waals surface area (Å²) >= 11 is 3.45. The first-order chi connectivity index (χ1) is 6.72. The van der Waals surface area contributed by atoms with Gasteiger partial charge in [0, 0.05) is 25.3 Å². The van der Waals surface area contributed by atoms with Crippen LogP contribution in [0.15, 0.2) is 10.7 Å². The molecule has 1 aliphatic rings. The third-order valence-corrected chi connectivity index (χ3v) is 3.09. The molecule has 4 nitrogen and oxygen atoms in total. The molecular formula is C9H13BrN4. The monoisotopic (exact) mass is 256 g/mol. The molecule has 0 saturated carbocycles. The molecule has 0 aromatic carbocycles. The molecule has 1 saturated heterocycles. The highest BCUT2D eigenvalue weighted by molar-refractivity contribution is 9.10. The summed E-state index contributed by atoms with van der Waals surface area (Å²) in [6.45, 7) is 3.62. The topological polar surface area (TPSA) is 55.0 Å². The van der Waals surface area contributed by atoms with Crippen molar-refractivity contribution in [1.82, 2.24) is 9.97 Å². The van der Waals surface area contributed by atoms with Gasteiger partial charge < -0.3 is 10.6 Å². The van der Waals surface area contributed by atoms with Crippen LogP contribution >= 0.6 is 15.9 Å². The average molecular weight is 257 g/mol. The zero-order valence-electron chi connectivity index (χ0n) is 8.07. The van der Waals surface area contributed by atoms with Gasteiger partial charge in [0.25, 0.3) is 0 Å². The van der Waals surface area contributed by atoms with Crippen LogP contribution in [-0.4, -0.2) is 29.1 Å². The number of hydrogen-bond acceptors (Lipinski definition) is 4. The number of hydrogen-bond donors (Lipinski definition) is 1. The lowest BCUT2D eigenvalue weighted by Gasteiger charge is -2.41. The van der Waals surface area contributed by atoms with E-state index in [2.05, 4.69) is 30.8 Å². The van der Waals surface area contributed by atoms with Crippen LogP contribution in [0.5, 0.6) is 0 Å². The van der Waals surface area contributed by atoms with Crippen molar-refractivity contribution in [2.24, 2.45) is 5.73 Å². The fourth-order valence-corrected chi connectivity index (χ4v) is 2.03.